The summed E-state index contributed by atoms with van der Waals surface area (Å²) in [5.41, 5.74) is 0. The second kappa shape index (κ2) is 50.0. The van der Waals surface area contributed by atoms with Crippen LogP contribution < -0.4 is 5.32 Å². The van der Waals surface area contributed by atoms with Crippen molar-refractivity contribution in [1.29, 1.82) is 0 Å². The maximum Gasteiger partial charge on any atom is 0.249 e. The first-order valence-electron chi connectivity index (χ1n) is 30.9. The number of rotatable bonds is 54. The number of amides is 1. The molecule has 424 valence electrons. The largest absolute Gasteiger partial charge is 0.394 e. The van der Waals surface area contributed by atoms with E-state index in [9.17, 15) is 40.5 Å². The molecule has 0 aromatic rings. The Kier molecular flexibility index (Phi) is 47.9. The lowest BCUT2D eigenvalue weighted by atomic mass is 9.98. The van der Waals surface area contributed by atoms with E-state index in [2.05, 4.69) is 19.2 Å². The minimum atomic E-state index is -1.66. The SMILES string of the molecule is CCCCCCCCCCCCCCCCCCCCCCCCCCCCCCCCC(O)C(O)C(COC1OC(CO)C(O)C(O)C1O)NC(=O)C(O)CCCCCCCCCCCCCCCC. The van der Waals surface area contributed by atoms with Crippen molar-refractivity contribution in [3.05, 3.63) is 0 Å². The van der Waals surface area contributed by atoms with Crippen molar-refractivity contribution in [2.75, 3.05) is 13.2 Å². The van der Waals surface area contributed by atoms with E-state index < -0.39 is 74.2 Å². The molecule has 11 nitrogen and oxygen atoms in total. The van der Waals surface area contributed by atoms with Gasteiger partial charge in [0.1, 0.15) is 36.6 Å². The van der Waals surface area contributed by atoms with Gasteiger partial charge in [-0.1, -0.05) is 296 Å². The van der Waals surface area contributed by atoms with Gasteiger partial charge in [0.25, 0.3) is 0 Å². The highest BCUT2D eigenvalue weighted by molar-refractivity contribution is 5.80. The Hall–Kier alpha value is -0.890. The van der Waals surface area contributed by atoms with Crippen LogP contribution >= 0.6 is 0 Å². The first-order valence-corrected chi connectivity index (χ1v) is 30.9. The second-order valence-corrected chi connectivity index (χ2v) is 22.1. The maximum absolute atomic E-state index is 13.2. The van der Waals surface area contributed by atoms with E-state index in [4.69, 9.17) is 9.47 Å². The number of aliphatic hydroxyl groups is 7. The predicted octanol–water partition coefficient (Wildman–Crippen LogP) is 13.4. The number of unbranched alkanes of at least 4 members (excludes halogenated alkanes) is 42. The molecule has 0 spiro atoms. The third kappa shape index (κ3) is 38.3. The molecule has 0 aliphatic carbocycles. The van der Waals surface area contributed by atoms with Gasteiger partial charge in [0, 0.05) is 0 Å². The summed E-state index contributed by atoms with van der Waals surface area (Å²) in [6.45, 7) is 3.49. The highest BCUT2D eigenvalue weighted by Crippen LogP contribution is 2.24. The van der Waals surface area contributed by atoms with Gasteiger partial charge in [0.15, 0.2) is 6.29 Å². The van der Waals surface area contributed by atoms with Crippen LogP contribution in [0.5, 0.6) is 0 Å². The molecule has 1 heterocycles. The zero-order chi connectivity index (χ0) is 51.8. The lowest BCUT2D eigenvalue weighted by Crippen LogP contribution is -2.60. The molecule has 0 aromatic carbocycles. The molecule has 1 aliphatic heterocycles. The molecule has 0 radical (unpaired) electrons. The number of ether oxygens (including phenoxy) is 2. The lowest BCUT2D eigenvalue weighted by Gasteiger charge is -2.40. The van der Waals surface area contributed by atoms with E-state index in [-0.39, 0.29) is 6.42 Å². The van der Waals surface area contributed by atoms with Crippen LogP contribution in [0.15, 0.2) is 0 Å². The van der Waals surface area contributed by atoms with Crippen molar-refractivity contribution in [2.45, 2.75) is 364 Å². The molecule has 11 heteroatoms. The Morgan fingerprint density at radius 3 is 1.04 bits per heavy atom. The minimum Gasteiger partial charge on any atom is -0.394 e. The predicted molar refractivity (Wildman–Crippen MR) is 293 cm³/mol. The summed E-state index contributed by atoms with van der Waals surface area (Å²) in [5.74, 6) is -0.691. The van der Waals surface area contributed by atoms with Crippen molar-refractivity contribution in [3.8, 4) is 0 Å². The number of aliphatic hydroxyl groups excluding tert-OH is 7. The summed E-state index contributed by atoms with van der Waals surface area (Å²) < 4.78 is 11.2. The zero-order valence-corrected chi connectivity index (χ0v) is 46.5. The van der Waals surface area contributed by atoms with Crippen molar-refractivity contribution >= 4 is 5.91 Å². The Balaban J connectivity index is 2.20. The van der Waals surface area contributed by atoms with Crippen molar-refractivity contribution < 1.29 is 50.0 Å². The normalized spacial score (nSPS) is 20.0. The third-order valence-electron chi connectivity index (χ3n) is 15.4. The topological polar surface area (TPSA) is 189 Å². The van der Waals surface area contributed by atoms with Crippen LogP contribution in [0.25, 0.3) is 0 Å². The van der Waals surface area contributed by atoms with E-state index in [1.54, 1.807) is 0 Å². The smallest absolute Gasteiger partial charge is 0.249 e. The quantitative estimate of drug-likeness (QED) is 0.0272. The Morgan fingerprint density at radius 2 is 0.732 bits per heavy atom. The zero-order valence-electron chi connectivity index (χ0n) is 46.5. The van der Waals surface area contributed by atoms with Crippen molar-refractivity contribution in [1.82, 2.24) is 5.32 Å². The van der Waals surface area contributed by atoms with Gasteiger partial charge in [-0.05, 0) is 12.8 Å². The highest BCUT2D eigenvalue weighted by atomic mass is 16.7. The van der Waals surface area contributed by atoms with Crippen molar-refractivity contribution in [2.24, 2.45) is 0 Å². The van der Waals surface area contributed by atoms with Crippen LogP contribution in [-0.4, -0.2) is 110 Å². The van der Waals surface area contributed by atoms with Crippen molar-refractivity contribution in [3.63, 3.8) is 0 Å². The van der Waals surface area contributed by atoms with Crippen LogP contribution in [-0.2, 0) is 14.3 Å². The van der Waals surface area contributed by atoms with E-state index in [1.165, 1.54) is 231 Å². The molecule has 71 heavy (non-hydrogen) atoms. The minimum absolute atomic E-state index is 0.266. The summed E-state index contributed by atoms with van der Waals surface area (Å²) in [7, 11) is 0. The lowest BCUT2D eigenvalue weighted by molar-refractivity contribution is -0.303. The summed E-state index contributed by atoms with van der Waals surface area (Å²) >= 11 is 0. The molecule has 1 saturated heterocycles. The van der Waals surface area contributed by atoms with Gasteiger partial charge in [-0.15, -0.1) is 0 Å². The molecule has 0 saturated carbocycles. The van der Waals surface area contributed by atoms with Gasteiger partial charge in [-0.25, -0.2) is 0 Å². The van der Waals surface area contributed by atoms with Crippen LogP contribution in [0.3, 0.4) is 0 Å². The van der Waals surface area contributed by atoms with Gasteiger partial charge in [0.05, 0.1) is 25.4 Å². The van der Waals surface area contributed by atoms with Gasteiger partial charge < -0.3 is 50.5 Å². The summed E-state index contributed by atoms with van der Waals surface area (Å²) in [6, 6.07) is -1.16. The van der Waals surface area contributed by atoms with E-state index in [0.29, 0.717) is 19.3 Å². The average Bonchev–Trinajstić information content (AvgIpc) is 3.37. The van der Waals surface area contributed by atoms with Gasteiger partial charge in [-0.3, -0.25) is 4.79 Å². The van der Waals surface area contributed by atoms with E-state index >= 15 is 0 Å². The van der Waals surface area contributed by atoms with Gasteiger partial charge in [0.2, 0.25) is 5.91 Å². The molecule has 1 rings (SSSR count). The van der Waals surface area contributed by atoms with Gasteiger partial charge in [-0.2, -0.15) is 0 Å². The number of carbonyl (C=O) groups excluding carboxylic acids is 1. The molecule has 9 unspecified atom stereocenters. The maximum atomic E-state index is 13.2. The molecule has 0 aromatic heterocycles. The number of carbonyl (C=O) groups is 1. The number of hydrogen-bond acceptors (Lipinski definition) is 10. The summed E-state index contributed by atoms with van der Waals surface area (Å²) in [4.78, 5) is 13.2. The standard InChI is InChI=1S/C60H119NO10/c1-3-5-7-9-11-13-15-17-19-20-21-22-23-24-25-26-27-28-29-30-31-32-33-34-36-37-39-41-43-45-47-52(63)55(65)51(50-70-60-58(68)57(67)56(66)54(49-62)71-60)61-59(69)53(64)48-46-44-42-40-38-35-18-16-14-12-10-8-6-4-2/h51-58,60,62-68H,3-50H2,1-2H3,(H,61,69). The Bertz CT molecular complexity index is 1120. The average molecular weight is 1010 g/mol. The third-order valence-corrected chi connectivity index (χ3v) is 15.4. The molecule has 9 atom stereocenters. The van der Waals surface area contributed by atoms with Crippen LogP contribution in [0.4, 0.5) is 0 Å². The highest BCUT2D eigenvalue weighted by Gasteiger charge is 2.44. The van der Waals surface area contributed by atoms with Crippen LogP contribution in [0, 0.1) is 0 Å². The Labute approximate surface area is 437 Å². The second-order valence-electron chi connectivity index (χ2n) is 22.1. The summed E-state index contributed by atoms with van der Waals surface area (Å²) in [5, 5.41) is 76.2. The van der Waals surface area contributed by atoms with Crippen LogP contribution in [0.2, 0.25) is 0 Å². The molecule has 1 aliphatic rings. The Morgan fingerprint density at radius 1 is 0.437 bits per heavy atom. The first kappa shape index (κ1) is 68.1. The van der Waals surface area contributed by atoms with E-state index in [1.807, 2.05) is 0 Å². The van der Waals surface area contributed by atoms with Crippen LogP contribution in [0.1, 0.15) is 309 Å². The molecule has 1 amide bonds. The number of nitrogens with one attached hydrogen (secondary N) is 1. The first-order chi connectivity index (χ1) is 34.7. The summed E-state index contributed by atoms with van der Waals surface area (Å²) in [6.07, 6.45) is 46.0. The molecule has 0 bridgehead atoms. The molecular weight excluding hydrogens is 895 g/mol. The fourth-order valence-corrected chi connectivity index (χ4v) is 10.4. The fraction of sp³-hybridized carbons (Fsp3) is 0.983. The monoisotopic (exact) mass is 1010 g/mol. The molecular formula is C60H119NO10. The number of hydrogen-bond donors (Lipinski definition) is 8. The fourth-order valence-electron chi connectivity index (χ4n) is 10.4. The van der Waals surface area contributed by atoms with E-state index in [0.717, 1.165) is 38.5 Å². The molecule has 8 N–H and O–H groups in total. The molecule has 1 fully saturated rings. The van der Waals surface area contributed by atoms with Gasteiger partial charge >= 0.3 is 0 Å².